The fraction of sp³-hybridized carbons (Fsp3) is 0.538. The first-order valence-corrected chi connectivity index (χ1v) is 11.5. The Labute approximate surface area is 182 Å². The van der Waals surface area contributed by atoms with Gasteiger partial charge < -0.3 is 4.74 Å². The second-order valence-electron chi connectivity index (χ2n) is 8.81. The molecule has 1 aliphatic rings. The third-order valence-electron chi connectivity index (χ3n) is 6.46. The van der Waals surface area contributed by atoms with E-state index in [1.54, 1.807) is 12.1 Å². The third kappa shape index (κ3) is 7.55. The summed E-state index contributed by atoms with van der Waals surface area (Å²) in [6, 6.07) is 10.5. The Morgan fingerprint density at radius 3 is 2.10 bits per heavy atom. The smallest absolute Gasteiger partial charge is 0.406 e. The van der Waals surface area contributed by atoms with Crippen molar-refractivity contribution in [1.82, 2.24) is 0 Å². The highest BCUT2D eigenvalue weighted by Gasteiger charge is 2.31. The number of benzene rings is 2. The average molecular weight is 437 g/mol. The van der Waals surface area contributed by atoms with Crippen molar-refractivity contribution in [1.29, 1.82) is 0 Å². The van der Waals surface area contributed by atoms with Crippen LogP contribution in [0.2, 0.25) is 0 Å². The molecule has 0 atom stereocenters. The molecule has 0 bridgehead atoms. The Balaban J connectivity index is 1.50. The summed E-state index contributed by atoms with van der Waals surface area (Å²) >= 11 is 0. The molecule has 1 fully saturated rings. The van der Waals surface area contributed by atoms with Gasteiger partial charge in [-0.2, -0.15) is 0 Å². The number of hydrogen-bond donors (Lipinski definition) is 0. The van der Waals surface area contributed by atoms with Crippen LogP contribution in [-0.4, -0.2) is 6.36 Å². The second kappa shape index (κ2) is 11.0. The zero-order valence-corrected chi connectivity index (χ0v) is 18.2. The highest BCUT2D eigenvalue weighted by atomic mass is 19.4. The van der Waals surface area contributed by atoms with Crippen LogP contribution < -0.4 is 4.74 Å². The molecule has 5 heteroatoms. The van der Waals surface area contributed by atoms with Crippen molar-refractivity contribution >= 4 is 0 Å². The van der Waals surface area contributed by atoms with Crippen LogP contribution in [0.4, 0.5) is 17.6 Å². The van der Waals surface area contributed by atoms with Gasteiger partial charge >= 0.3 is 6.36 Å². The fourth-order valence-corrected chi connectivity index (χ4v) is 4.65. The van der Waals surface area contributed by atoms with Crippen LogP contribution in [0.25, 0.3) is 11.1 Å². The molecule has 2 aromatic carbocycles. The molecule has 31 heavy (non-hydrogen) atoms. The Morgan fingerprint density at radius 1 is 0.871 bits per heavy atom. The zero-order chi connectivity index (χ0) is 22.3. The molecule has 0 aliphatic heterocycles. The van der Waals surface area contributed by atoms with Gasteiger partial charge in [0.15, 0.2) is 0 Å². The summed E-state index contributed by atoms with van der Waals surface area (Å²) in [7, 11) is 0. The minimum atomic E-state index is -4.73. The highest BCUT2D eigenvalue weighted by Crippen LogP contribution is 2.35. The van der Waals surface area contributed by atoms with Gasteiger partial charge in [0, 0.05) is 5.56 Å². The Morgan fingerprint density at radius 2 is 1.52 bits per heavy atom. The van der Waals surface area contributed by atoms with E-state index in [-0.39, 0.29) is 11.6 Å². The SMILES string of the molecule is CCCCCC1CCC(CCc2ccc(-c3ccc(OC(F)(F)F)cc3)c(F)c2)CC1. The van der Waals surface area contributed by atoms with E-state index in [0.29, 0.717) is 11.1 Å². The summed E-state index contributed by atoms with van der Waals surface area (Å²) in [6.07, 6.45) is 7.79. The van der Waals surface area contributed by atoms with Gasteiger partial charge in [0.25, 0.3) is 0 Å². The normalized spacial score (nSPS) is 19.4. The Bertz CT molecular complexity index is 805. The number of ether oxygens (including phenoxy) is 1. The lowest BCUT2D eigenvalue weighted by molar-refractivity contribution is -0.274. The van der Waals surface area contributed by atoms with E-state index >= 15 is 0 Å². The quantitative estimate of drug-likeness (QED) is 0.282. The van der Waals surface area contributed by atoms with Gasteiger partial charge in [-0.1, -0.05) is 82.6 Å². The molecule has 1 nitrogen and oxygen atoms in total. The summed E-state index contributed by atoms with van der Waals surface area (Å²) in [5, 5.41) is 0. The van der Waals surface area contributed by atoms with Gasteiger partial charge in [-0.3, -0.25) is 0 Å². The summed E-state index contributed by atoms with van der Waals surface area (Å²) in [5.74, 6) is 0.966. The Kier molecular flexibility index (Phi) is 8.39. The van der Waals surface area contributed by atoms with Gasteiger partial charge in [-0.05, 0) is 54.0 Å². The lowest BCUT2D eigenvalue weighted by Crippen LogP contribution is -2.16. The van der Waals surface area contributed by atoms with Crippen LogP contribution >= 0.6 is 0 Å². The van der Waals surface area contributed by atoms with Crippen molar-refractivity contribution in [3.63, 3.8) is 0 Å². The first kappa shape index (κ1) is 23.6. The van der Waals surface area contributed by atoms with E-state index in [1.165, 1.54) is 75.6 Å². The molecule has 170 valence electrons. The lowest BCUT2D eigenvalue weighted by atomic mass is 9.78. The molecule has 0 N–H and O–H groups in total. The fourth-order valence-electron chi connectivity index (χ4n) is 4.65. The summed E-state index contributed by atoms with van der Waals surface area (Å²) in [4.78, 5) is 0. The van der Waals surface area contributed by atoms with E-state index in [0.717, 1.165) is 30.2 Å². The third-order valence-corrected chi connectivity index (χ3v) is 6.46. The van der Waals surface area contributed by atoms with Gasteiger partial charge in [0.2, 0.25) is 0 Å². The number of halogens is 4. The van der Waals surface area contributed by atoms with Crippen molar-refractivity contribution in [2.45, 2.75) is 77.5 Å². The monoisotopic (exact) mass is 436 g/mol. The van der Waals surface area contributed by atoms with Crippen molar-refractivity contribution in [2.75, 3.05) is 0 Å². The molecule has 1 saturated carbocycles. The van der Waals surface area contributed by atoms with Crippen molar-refractivity contribution in [2.24, 2.45) is 11.8 Å². The van der Waals surface area contributed by atoms with E-state index in [2.05, 4.69) is 11.7 Å². The molecule has 0 radical (unpaired) electrons. The van der Waals surface area contributed by atoms with Crippen LogP contribution in [0.1, 0.15) is 70.3 Å². The second-order valence-corrected chi connectivity index (χ2v) is 8.81. The number of alkyl halides is 3. The summed E-state index contributed by atoms with van der Waals surface area (Å²) in [6.45, 7) is 2.25. The molecular formula is C26H32F4O. The minimum Gasteiger partial charge on any atom is -0.406 e. The van der Waals surface area contributed by atoms with E-state index in [4.69, 9.17) is 0 Å². The summed E-state index contributed by atoms with van der Waals surface area (Å²) < 4.78 is 55.4. The number of hydrogen-bond acceptors (Lipinski definition) is 1. The first-order chi connectivity index (χ1) is 14.8. The van der Waals surface area contributed by atoms with Crippen LogP contribution in [0.15, 0.2) is 42.5 Å². The number of unbranched alkanes of at least 4 members (excludes halogenated alkanes) is 2. The van der Waals surface area contributed by atoms with E-state index in [9.17, 15) is 17.6 Å². The molecule has 0 aromatic heterocycles. The predicted molar refractivity (Wildman–Crippen MR) is 116 cm³/mol. The molecule has 0 saturated heterocycles. The first-order valence-electron chi connectivity index (χ1n) is 11.5. The van der Waals surface area contributed by atoms with E-state index < -0.39 is 6.36 Å². The lowest BCUT2D eigenvalue weighted by Gasteiger charge is -2.28. The van der Waals surface area contributed by atoms with Gasteiger partial charge in [0.05, 0.1) is 0 Å². The predicted octanol–water partition coefficient (Wildman–Crippen LogP) is 8.71. The van der Waals surface area contributed by atoms with Crippen LogP contribution in [0.3, 0.4) is 0 Å². The van der Waals surface area contributed by atoms with Crippen molar-refractivity contribution in [3.8, 4) is 16.9 Å². The maximum Gasteiger partial charge on any atom is 0.573 e. The zero-order valence-electron chi connectivity index (χ0n) is 18.2. The number of rotatable bonds is 9. The molecule has 0 amide bonds. The highest BCUT2D eigenvalue weighted by molar-refractivity contribution is 5.65. The molecule has 2 aromatic rings. The van der Waals surface area contributed by atoms with E-state index in [1.807, 2.05) is 6.07 Å². The maximum absolute atomic E-state index is 14.7. The number of aryl methyl sites for hydroxylation is 1. The van der Waals surface area contributed by atoms with Gasteiger partial charge in [-0.15, -0.1) is 13.2 Å². The maximum atomic E-state index is 14.7. The average Bonchev–Trinajstić information content (AvgIpc) is 2.73. The van der Waals surface area contributed by atoms with Gasteiger partial charge in [0.1, 0.15) is 11.6 Å². The standard InChI is InChI=1S/C26H32F4O/c1-2-3-4-5-19-6-8-20(9-7-19)10-11-21-12-17-24(25(27)18-21)22-13-15-23(16-14-22)31-26(28,29)30/h12-20H,2-11H2,1H3. The molecule has 3 rings (SSSR count). The molecule has 1 aliphatic carbocycles. The Hall–Kier alpha value is -2.04. The largest absolute Gasteiger partial charge is 0.573 e. The molecule has 0 spiro atoms. The minimum absolute atomic E-state index is 0.312. The van der Waals surface area contributed by atoms with Crippen LogP contribution in [-0.2, 0) is 6.42 Å². The van der Waals surface area contributed by atoms with Crippen molar-refractivity contribution < 1.29 is 22.3 Å². The topological polar surface area (TPSA) is 9.23 Å². The molecule has 0 unspecified atom stereocenters. The van der Waals surface area contributed by atoms with Crippen molar-refractivity contribution in [3.05, 3.63) is 53.8 Å². The van der Waals surface area contributed by atoms with Crippen LogP contribution in [0.5, 0.6) is 5.75 Å². The molecule has 0 heterocycles. The van der Waals surface area contributed by atoms with Gasteiger partial charge in [-0.25, -0.2) is 4.39 Å². The molecular weight excluding hydrogens is 404 g/mol. The van der Waals surface area contributed by atoms with Crippen LogP contribution in [0, 0.1) is 17.7 Å². The summed E-state index contributed by atoms with van der Waals surface area (Å²) in [5.41, 5.74) is 1.89.